The fraction of sp³-hybridized carbons (Fsp3) is 0.500. The highest BCUT2D eigenvalue weighted by atomic mass is 16.5. The van der Waals surface area contributed by atoms with Crippen molar-refractivity contribution in [3.63, 3.8) is 0 Å². The molecule has 30 heavy (non-hydrogen) atoms. The van der Waals surface area contributed by atoms with Crippen molar-refractivity contribution in [2.24, 2.45) is 0 Å². The second-order valence-electron chi connectivity index (χ2n) is 7.55. The highest BCUT2D eigenvalue weighted by Crippen LogP contribution is 2.31. The first-order valence-electron chi connectivity index (χ1n) is 10.7. The van der Waals surface area contributed by atoms with Crippen LogP contribution < -0.4 is 14.2 Å². The Bertz CT molecular complexity index is 776. The molecular weight excluding hydrogens is 380 g/mol. The molecule has 6 heteroatoms. The molecule has 1 atom stereocenters. The normalized spacial score (nSPS) is 17.7. The van der Waals surface area contributed by atoms with Crippen LogP contribution in [0.5, 0.6) is 17.2 Å². The Hall–Kier alpha value is -2.28. The summed E-state index contributed by atoms with van der Waals surface area (Å²) in [4.78, 5) is 4.88. The summed E-state index contributed by atoms with van der Waals surface area (Å²) in [6, 6.07) is 14.4. The van der Waals surface area contributed by atoms with Gasteiger partial charge in [-0.3, -0.25) is 9.80 Å². The van der Waals surface area contributed by atoms with Gasteiger partial charge >= 0.3 is 0 Å². The van der Waals surface area contributed by atoms with E-state index in [9.17, 15) is 5.11 Å². The monoisotopic (exact) mass is 414 g/mol. The molecular formula is C24H34N2O4. The van der Waals surface area contributed by atoms with Crippen molar-refractivity contribution >= 4 is 0 Å². The van der Waals surface area contributed by atoms with E-state index in [1.54, 1.807) is 14.2 Å². The van der Waals surface area contributed by atoms with Crippen molar-refractivity contribution in [1.82, 2.24) is 9.80 Å². The minimum atomic E-state index is 0.181. The fourth-order valence-electron chi connectivity index (χ4n) is 4.19. The molecule has 1 aliphatic heterocycles. The van der Waals surface area contributed by atoms with Gasteiger partial charge < -0.3 is 19.3 Å². The second-order valence-corrected chi connectivity index (χ2v) is 7.55. The third kappa shape index (κ3) is 5.45. The van der Waals surface area contributed by atoms with Gasteiger partial charge in [-0.25, -0.2) is 0 Å². The zero-order chi connectivity index (χ0) is 21.3. The lowest BCUT2D eigenvalue weighted by Crippen LogP contribution is -2.52. The molecule has 1 N–H and O–H groups in total. The number of para-hydroxylation sites is 1. The van der Waals surface area contributed by atoms with Gasteiger partial charge in [0.1, 0.15) is 17.2 Å². The Balaban J connectivity index is 1.72. The van der Waals surface area contributed by atoms with Crippen LogP contribution in [0.25, 0.3) is 0 Å². The standard InChI is InChI=1S/C24H34N2O4/c1-4-30-22-9-6-5-8-19(22)16-26-14-13-25(17-20(26)12-15-27)18-21-23(28-2)10-7-11-24(21)29-3/h5-11,20,27H,4,12-18H2,1-3H3/t20-/m1/s1. The SMILES string of the molecule is CCOc1ccccc1CN1CCN(Cc2c(OC)cccc2OC)C[C@H]1CCO. The first-order chi connectivity index (χ1) is 14.7. The van der Waals surface area contributed by atoms with Gasteiger partial charge in [-0.15, -0.1) is 0 Å². The van der Waals surface area contributed by atoms with Crippen LogP contribution in [0.15, 0.2) is 42.5 Å². The van der Waals surface area contributed by atoms with Gasteiger partial charge in [-0.2, -0.15) is 0 Å². The Morgan fingerprint density at radius 3 is 2.30 bits per heavy atom. The summed E-state index contributed by atoms with van der Waals surface area (Å²) in [5.41, 5.74) is 2.27. The van der Waals surface area contributed by atoms with E-state index in [1.165, 1.54) is 5.56 Å². The van der Waals surface area contributed by atoms with Gasteiger partial charge in [0.2, 0.25) is 0 Å². The topological polar surface area (TPSA) is 54.4 Å². The summed E-state index contributed by atoms with van der Waals surface area (Å²) in [6.07, 6.45) is 0.746. The molecule has 0 radical (unpaired) electrons. The molecule has 1 fully saturated rings. The molecule has 164 valence electrons. The third-order valence-electron chi connectivity index (χ3n) is 5.71. The lowest BCUT2D eigenvalue weighted by atomic mass is 10.0. The van der Waals surface area contributed by atoms with Crippen molar-refractivity contribution in [3.8, 4) is 17.2 Å². The molecule has 0 aliphatic carbocycles. The Morgan fingerprint density at radius 1 is 0.933 bits per heavy atom. The maximum Gasteiger partial charge on any atom is 0.127 e. The van der Waals surface area contributed by atoms with Crippen LogP contribution in [0.2, 0.25) is 0 Å². The van der Waals surface area contributed by atoms with Crippen LogP contribution in [0.4, 0.5) is 0 Å². The average molecular weight is 415 g/mol. The van der Waals surface area contributed by atoms with E-state index < -0.39 is 0 Å². The van der Waals surface area contributed by atoms with Crippen molar-refractivity contribution in [3.05, 3.63) is 53.6 Å². The molecule has 6 nitrogen and oxygen atoms in total. The number of ether oxygens (including phenoxy) is 3. The highest BCUT2D eigenvalue weighted by molar-refractivity contribution is 5.44. The second kappa shape index (κ2) is 11.2. The van der Waals surface area contributed by atoms with E-state index >= 15 is 0 Å². The molecule has 0 saturated carbocycles. The summed E-state index contributed by atoms with van der Waals surface area (Å²) in [6.45, 7) is 7.20. The number of hydrogen-bond acceptors (Lipinski definition) is 6. The van der Waals surface area contributed by atoms with Crippen LogP contribution in [-0.2, 0) is 13.1 Å². The largest absolute Gasteiger partial charge is 0.496 e. The van der Waals surface area contributed by atoms with E-state index in [1.807, 2.05) is 37.3 Å². The quantitative estimate of drug-likeness (QED) is 0.645. The number of rotatable bonds is 10. The van der Waals surface area contributed by atoms with Crippen molar-refractivity contribution in [1.29, 1.82) is 0 Å². The summed E-state index contributed by atoms with van der Waals surface area (Å²) in [5, 5.41) is 9.67. The van der Waals surface area contributed by atoms with Crippen LogP contribution in [0, 0.1) is 0 Å². The molecule has 0 aromatic heterocycles. The van der Waals surface area contributed by atoms with E-state index in [0.29, 0.717) is 6.61 Å². The fourth-order valence-corrected chi connectivity index (χ4v) is 4.19. The maximum atomic E-state index is 9.67. The van der Waals surface area contributed by atoms with Crippen LogP contribution in [-0.4, -0.2) is 68.0 Å². The number of hydrogen-bond donors (Lipinski definition) is 1. The van der Waals surface area contributed by atoms with Crippen molar-refractivity contribution in [2.75, 3.05) is 47.1 Å². The predicted octanol–water partition coefficient (Wildman–Crippen LogP) is 3.17. The number of piperazine rings is 1. The van der Waals surface area contributed by atoms with Crippen molar-refractivity contribution < 1.29 is 19.3 Å². The van der Waals surface area contributed by atoms with Crippen molar-refractivity contribution in [2.45, 2.75) is 32.5 Å². The third-order valence-corrected chi connectivity index (χ3v) is 5.71. The first kappa shape index (κ1) is 22.4. The lowest BCUT2D eigenvalue weighted by Gasteiger charge is -2.41. The Labute approximate surface area is 180 Å². The van der Waals surface area contributed by atoms with Crippen LogP contribution in [0.1, 0.15) is 24.5 Å². The minimum Gasteiger partial charge on any atom is -0.496 e. The van der Waals surface area contributed by atoms with Gasteiger partial charge in [0.05, 0.1) is 26.4 Å². The van der Waals surface area contributed by atoms with Gasteiger partial charge in [0.25, 0.3) is 0 Å². The molecule has 0 bridgehead atoms. The molecule has 1 saturated heterocycles. The summed E-state index contributed by atoms with van der Waals surface area (Å²) >= 11 is 0. The smallest absolute Gasteiger partial charge is 0.127 e. The van der Waals surface area contributed by atoms with Crippen LogP contribution >= 0.6 is 0 Å². The Kier molecular flexibility index (Phi) is 8.37. The van der Waals surface area contributed by atoms with Gasteiger partial charge in [-0.1, -0.05) is 24.3 Å². The molecule has 0 spiro atoms. The minimum absolute atomic E-state index is 0.181. The van der Waals surface area contributed by atoms with Gasteiger partial charge in [0, 0.05) is 50.9 Å². The predicted molar refractivity (Wildman–Crippen MR) is 118 cm³/mol. The van der Waals surface area contributed by atoms with E-state index in [4.69, 9.17) is 14.2 Å². The number of nitrogens with zero attached hydrogens (tertiary/aromatic N) is 2. The molecule has 0 unspecified atom stereocenters. The molecule has 1 aliphatic rings. The first-order valence-corrected chi connectivity index (χ1v) is 10.7. The molecule has 2 aromatic rings. The molecule has 0 amide bonds. The maximum absolute atomic E-state index is 9.67. The molecule has 1 heterocycles. The number of methoxy groups -OCH3 is 2. The van der Waals surface area contributed by atoms with E-state index in [0.717, 1.165) is 62.0 Å². The summed E-state index contributed by atoms with van der Waals surface area (Å²) < 4.78 is 16.9. The number of aliphatic hydroxyl groups excluding tert-OH is 1. The van der Waals surface area contributed by atoms with E-state index in [2.05, 4.69) is 21.9 Å². The zero-order valence-corrected chi connectivity index (χ0v) is 18.3. The number of aliphatic hydroxyl groups is 1. The van der Waals surface area contributed by atoms with Gasteiger partial charge in [0.15, 0.2) is 0 Å². The van der Waals surface area contributed by atoms with Crippen LogP contribution in [0.3, 0.4) is 0 Å². The lowest BCUT2D eigenvalue weighted by molar-refractivity contribution is 0.0487. The average Bonchev–Trinajstić information content (AvgIpc) is 2.77. The van der Waals surface area contributed by atoms with E-state index in [-0.39, 0.29) is 12.6 Å². The highest BCUT2D eigenvalue weighted by Gasteiger charge is 2.28. The molecule has 3 rings (SSSR count). The summed E-state index contributed by atoms with van der Waals surface area (Å²) in [7, 11) is 3.39. The zero-order valence-electron chi connectivity index (χ0n) is 18.3. The molecule has 2 aromatic carbocycles. The summed E-state index contributed by atoms with van der Waals surface area (Å²) in [5.74, 6) is 2.64. The number of benzene rings is 2. The Morgan fingerprint density at radius 2 is 1.63 bits per heavy atom. The van der Waals surface area contributed by atoms with Gasteiger partial charge in [-0.05, 0) is 31.5 Å².